The topological polar surface area (TPSA) is 37.8 Å². The summed E-state index contributed by atoms with van der Waals surface area (Å²) in [6.07, 6.45) is 2.13. The Morgan fingerprint density at radius 3 is 2.83 bits per heavy atom. The van der Waals surface area contributed by atoms with Gasteiger partial charge < -0.3 is 5.32 Å². The second-order valence-electron chi connectivity index (χ2n) is 2.45. The molecule has 68 valence electrons. The first kappa shape index (κ1) is 9.74. The van der Waals surface area contributed by atoms with E-state index in [1.807, 2.05) is 6.92 Å². The molecule has 3 nitrogen and oxygen atoms in total. The second kappa shape index (κ2) is 5.32. The van der Waals surface area contributed by atoms with E-state index in [2.05, 4.69) is 15.5 Å². The summed E-state index contributed by atoms with van der Waals surface area (Å²) in [7, 11) is 0. The van der Waals surface area contributed by atoms with Gasteiger partial charge in [0.2, 0.25) is 5.13 Å². The smallest absolute Gasteiger partial charge is 0.205 e. The summed E-state index contributed by atoms with van der Waals surface area (Å²) in [5, 5.41) is 12.9. The van der Waals surface area contributed by atoms with E-state index in [9.17, 15) is 0 Å². The van der Waals surface area contributed by atoms with Crippen LogP contribution in [0.25, 0.3) is 0 Å². The molecule has 0 aliphatic rings. The Morgan fingerprint density at radius 2 is 2.25 bits per heavy atom. The fourth-order valence-electron chi connectivity index (χ4n) is 0.783. The first-order valence-electron chi connectivity index (χ1n) is 3.93. The summed E-state index contributed by atoms with van der Waals surface area (Å²) < 4.78 is 0. The zero-order chi connectivity index (χ0) is 8.81. The number of hydrogen-bond donors (Lipinski definition) is 1. The highest BCUT2D eigenvalue weighted by Gasteiger charge is 1.97. The number of alkyl halides is 1. The summed E-state index contributed by atoms with van der Waals surface area (Å²) in [6.45, 7) is 2.88. The largest absolute Gasteiger partial charge is 0.360 e. The fourth-order valence-corrected chi connectivity index (χ4v) is 1.59. The highest BCUT2D eigenvalue weighted by Crippen LogP contribution is 2.13. The maximum atomic E-state index is 5.53. The predicted molar refractivity (Wildman–Crippen MR) is 53.1 cm³/mol. The summed E-state index contributed by atoms with van der Waals surface area (Å²) >= 11 is 7.11. The van der Waals surface area contributed by atoms with Crippen molar-refractivity contribution in [2.75, 3.05) is 17.7 Å². The molecule has 0 aliphatic heterocycles. The van der Waals surface area contributed by atoms with Crippen molar-refractivity contribution in [2.45, 2.75) is 19.8 Å². The van der Waals surface area contributed by atoms with Crippen LogP contribution in [-0.2, 0) is 0 Å². The van der Waals surface area contributed by atoms with Crippen LogP contribution in [-0.4, -0.2) is 22.6 Å². The Balaban J connectivity index is 2.15. The van der Waals surface area contributed by atoms with Crippen molar-refractivity contribution >= 4 is 28.1 Å². The molecule has 1 aromatic heterocycles. The molecule has 1 N–H and O–H groups in total. The van der Waals surface area contributed by atoms with Crippen molar-refractivity contribution in [1.29, 1.82) is 0 Å². The molecule has 0 atom stereocenters. The van der Waals surface area contributed by atoms with Crippen LogP contribution in [0, 0.1) is 6.92 Å². The molecule has 1 heterocycles. The monoisotopic (exact) mass is 205 g/mol. The Hall–Kier alpha value is -0.350. The third-order valence-electron chi connectivity index (χ3n) is 1.36. The van der Waals surface area contributed by atoms with E-state index in [4.69, 9.17) is 11.6 Å². The molecule has 0 saturated heterocycles. The zero-order valence-electron chi connectivity index (χ0n) is 7.01. The first-order chi connectivity index (χ1) is 5.83. The van der Waals surface area contributed by atoms with Crippen LogP contribution in [0.4, 0.5) is 5.13 Å². The Labute approximate surface area is 81.2 Å². The van der Waals surface area contributed by atoms with E-state index in [-0.39, 0.29) is 0 Å². The van der Waals surface area contributed by atoms with E-state index >= 15 is 0 Å². The third kappa shape index (κ3) is 3.36. The molecule has 0 radical (unpaired) electrons. The normalized spacial score (nSPS) is 10.2. The second-order valence-corrected chi connectivity index (χ2v) is 4.01. The molecule has 0 saturated carbocycles. The molecule has 0 unspecified atom stereocenters. The number of halogens is 1. The van der Waals surface area contributed by atoms with E-state index in [0.717, 1.165) is 35.4 Å². The first-order valence-corrected chi connectivity index (χ1v) is 5.28. The van der Waals surface area contributed by atoms with E-state index in [1.165, 1.54) is 0 Å². The Kier molecular flexibility index (Phi) is 4.32. The average Bonchev–Trinajstić information content (AvgIpc) is 2.45. The molecule has 12 heavy (non-hydrogen) atoms. The van der Waals surface area contributed by atoms with Crippen LogP contribution in [0.2, 0.25) is 0 Å². The van der Waals surface area contributed by atoms with Gasteiger partial charge in [0.15, 0.2) is 0 Å². The van der Waals surface area contributed by atoms with Gasteiger partial charge in [0.1, 0.15) is 5.01 Å². The molecule has 0 spiro atoms. The van der Waals surface area contributed by atoms with E-state index < -0.39 is 0 Å². The lowest BCUT2D eigenvalue weighted by atomic mass is 10.3. The quantitative estimate of drug-likeness (QED) is 0.592. The lowest BCUT2D eigenvalue weighted by molar-refractivity contribution is 0.836. The molecule has 0 bridgehead atoms. The van der Waals surface area contributed by atoms with Gasteiger partial charge in [-0.15, -0.1) is 21.8 Å². The van der Waals surface area contributed by atoms with E-state index in [0.29, 0.717) is 0 Å². The summed E-state index contributed by atoms with van der Waals surface area (Å²) in [6, 6.07) is 0. The predicted octanol–water partition coefficient (Wildman–Crippen LogP) is 2.28. The van der Waals surface area contributed by atoms with Gasteiger partial charge in [-0.2, -0.15) is 0 Å². The summed E-state index contributed by atoms with van der Waals surface area (Å²) in [5.41, 5.74) is 0. The van der Waals surface area contributed by atoms with Crippen LogP contribution < -0.4 is 5.32 Å². The van der Waals surface area contributed by atoms with Gasteiger partial charge in [-0.1, -0.05) is 11.3 Å². The number of hydrogen-bond acceptors (Lipinski definition) is 4. The van der Waals surface area contributed by atoms with Gasteiger partial charge in [0.25, 0.3) is 0 Å². The summed E-state index contributed by atoms with van der Waals surface area (Å²) in [5.74, 6) is 0.733. The number of nitrogens with one attached hydrogen (secondary N) is 1. The molecule has 0 fully saturated rings. The van der Waals surface area contributed by atoms with Crippen LogP contribution in [0.3, 0.4) is 0 Å². The number of nitrogens with zero attached hydrogens (tertiary/aromatic N) is 2. The molecule has 5 heteroatoms. The van der Waals surface area contributed by atoms with Crippen LogP contribution in [0.5, 0.6) is 0 Å². The van der Waals surface area contributed by atoms with Gasteiger partial charge in [-0.3, -0.25) is 0 Å². The van der Waals surface area contributed by atoms with Gasteiger partial charge in [0.05, 0.1) is 0 Å². The fraction of sp³-hybridized carbons (Fsp3) is 0.714. The van der Waals surface area contributed by atoms with Crippen LogP contribution >= 0.6 is 22.9 Å². The molecule has 1 rings (SSSR count). The molecule has 1 aromatic rings. The number of aromatic nitrogens is 2. The van der Waals surface area contributed by atoms with Crippen molar-refractivity contribution in [2.24, 2.45) is 0 Å². The van der Waals surface area contributed by atoms with Gasteiger partial charge in [-0.05, 0) is 19.8 Å². The van der Waals surface area contributed by atoms with Crippen molar-refractivity contribution < 1.29 is 0 Å². The number of anilines is 1. The molecule has 0 aromatic carbocycles. The SMILES string of the molecule is Cc1nnc(NCCCCCl)s1. The average molecular weight is 206 g/mol. The van der Waals surface area contributed by atoms with Crippen LogP contribution in [0.1, 0.15) is 17.8 Å². The lowest BCUT2D eigenvalue weighted by Crippen LogP contribution is -2.00. The molecule has 0 aliphatic carbocycles. The standard InChI is InChI=1S/C7H12ClN3S/c1-6-10-11-7(12-6)9-5-3-2-4-8/h2-5H2,1H3,(H,9,11). The Morgan fingerprint density at radius 1 is 1.42 bits per heavy atom. The van der Waals surface area contributed by atoms with Gasteiger partial charge >= 0.3 is 0 Å². The summed E-state index contributed by atoms with van der Waals surface area (Å²) in [4.78, 5) is 0. The van der Waals surface area contributed by atoms with E-state index in [1.54, 1.807) is 11.3 Å². The van der Waals surface area contributed by atoms with Crippen molar-refractivity contribution in [1.82, 2.24) is 10.2 Å². The third-order valence-corrected chi connectivity index (χ3v) is 2.43. The van der Waals surface area contributed by atoms with Crippen molar-refractivity contribution in [3.63, 3.8) is 0 Å². The highest BCUT2D eigenvalue weighted by molar-refractivity contribution is 7.15. The molecule has 0 amide bonds. The van der Waals surface area contributed by atoms with Crippen molar-refractivity contribution in [3.05, 3.63) is 5.01 Å². The highest BCUT2D eigenvalue weighted by atomic mass is 35.5. The zero-order valence-corrected chi connectivity index (χ0v) is 8.58. The maximum absolute atomic E-state index is 5.53. The minimum atomic E-state index is 0.733. The number of unbranched alkanes of at least 4 members (excludes halogenated alkanes) is 1. The Bertz CT molecular complexity index is 226. The molecular formula is C7H12ClN3S. The maximum Gasteiger partial charge on any atom is 0.205 e. The number of rotatable bonds is 5. The minimum Gasteiger partial charge on any atom is -0.360 e. The van der Waals surface area contributed by atoms with Gasteiger partial charge in [-0.25, -0.2) is 0 Å². The van der Waals surface area contributed by atoms with Crippen LogP contribution in [0.15, 0.2) is 0 Å². The minimum absolute atomic E-state index is 0.733. The van der Waals surface area contributed by atoms with Gasteiger partial charge in [0, 0.05) is 12.4 Å². The number of aryl methyl sites for hydroxylation is 1. The molecular weight excluding hydrogens is 194 g/mol. The lowest BCUT2D eigenvalue weighted by Gasteiger charge is -1.98. The van der Waals surface area contributed by atoms with Crippen molar-refractivity contribution in [3.8, 4) is 0 Å².